The van der Waals surface area contributed by atoms with E-state index in [1.165, 1.54) is 30.2 Å². The molecule has 1 aliphatic heterocycles. The first kappa shape index (κ1) is 20.7. The molecule has 154 valence electrons. The van der Waals surface area contributed by atoms with E-state index < -0.39 is 0 Å². The first-order valence-corrected chi connectivity index (χ1v) is 9.97. The maximum atomic E-state index is 10.1. The van der Waals surface area contributed by atoms with Gasteiger partial charge in [0.25, 0.3) is 0 Å². The number of carbonyl (C=O) groups excluding carboxylic acids is 1. The summed E-state index contributed by atoms with van der Waals surface area (Å²) in [5, 5.41) is 10.1. The molecule has 1 aliphatic carbocycles. The maximum absolute atomic E-state index is 10.1. The Morgan fingerprint density at radius 3 is 2.52 bits per heavy atom. The topological polar surface area (TPSA) is 108 Å². The number of likely N-dealkylation sites (N-methyl/N-ethyl adjacent to an activating group) is 1. The van der Waals surface area contributed by atoms with Crippen molar-refractivity contribution in [3.8, 4) is 5.75 Å². The molecule has 6 N–H and O–H groups in total. The fourth-order valence-electron chi connectivity index (χ4n) is 3.98. The number of aromatic nitrogens is 1. The van der Waals surface area contributed by atoms with E-state index in [2.05, 4.69) is 23.5 Å². The van der Waals surface area contributed by atoms with Gasteiger partial charge in [0.15, 0.2) is 0 Å². The second kappa shape index (κ2) is 9.01. The van der Waals surface area contributed by atoms with Crippen LogP contribution in [0.5, 0.6) is 5.75 Å². The molecule has 6 nitrogen and oxygen atoms in total. The maximum Gasteiger partial charge on any atom is 0.142 e. The summed E-state index contributed by atoms with van der Waals surface area (Å²) in [6.07, 6.45) is 7.35. The zero-order valence-electron chi connectivity index (χ0n) is 16.9. The van der Waals surface area contributed by atoms with Gasteiger partial charge >= 0.3 is 0 Å². The summed E-state index contributed by atoms with van der Waals surface area (Å²) in [5.74, 6) is 1.97. The van der Waals surface area contributed by atoms with Crippen molar-refractivity contribution < 1.29 is 9.90 Å². The molecular weight excluding hydrogens is 364 g/mol. The number of nitrogens with one attached hydrogen (secondary N) is 1. The van der Waals surface area contributed by atoms with Crippen molar-refractivity contribution in [2.75, 3.05) is 25.9 Å². The van der Waals surface area contributed by atoms with Crippen LogP contribution in [0.15, 0.2) is 36.9 Å². The normalized spacial score (nSPS) is 19.5. The summed E-state index contributed by atoms with van der Waals surface area (Å²) >= 11 is 0. The van der Waals surface area contributed by atoms with Crippen molar-refractivity contribution in [1.29, 1.82) is 0 Å². The van der Waals surface area contributed by atoms with Crippen molar-refractivity contribution in [3.63, 3.8) is 0 Å². The van der Waals surface area contributed by atoms with Gasteiger partial charge in [-0.2, -0.15) is 0 Å². The number of nitrogens with two attached hydrogens (primary N) is 2. The summed E-state index contributed by atoms with van der Waals surface area (Å²) < 4.78 is 0. The monoisotopic (exact) mass is 394 g/mol. The number of aldehydes is 1. The van der Waals surface area contributed by atoms with Crippen molar-refractivity contribution in [2.24, 2.45) is 5.73 Å². The third kappa shape index (κ3) is 4.71. The summed E-state index contributed by atoms with van der Waals surface area (Å²) in [4.78, 5) is 14.9. The molecule has 0 radical (unpaired) electrons. The van der Waals surface area contributed by atoms with E-state index in [4.69, 9.17) is 16.3 Å². The Bertz CT molecular complexity index is 906. The first-order valence-electron chi connectivity index (χ1n) is 9.97. The van der Waals surface area contributed by atoms with Gasteiger partial charge in [-0.25, -0.2) is 0 Å². The Labute approximate surface area is 171 Å². The number of phenolic OH excluding ortho intramolecular Hbond substituents is 1. The molecule has 2 aromatic rings. The molecule has 1 saturated carbocycles. The van der Waals surface area contributed by atoms with E-state index >= 15 is 0 Å². The second-order valence-corrected chi connectivity index (χ2v) is 7.79. The molecule has 0 amide bonds. The third-order valence-corrected chi connectivity index (χ3v) is 5.54. The minimum atomic E-state index is 0.191. The summed E-state index contributed by atoms with van der Waals surface area (Å²) in [7, 11) is 2.17. The lowest BCUT2D eigenvalue weighted by atomic mass is 9.95. The minimum Gasteiger partial charge on any atom is -0.507 e. The number of anilines is 1. The minimum absolute atomic E-state index is 0.191. The molecule has 2 fully saturated rings. The molecule has 1 unspecified atom stereocenters. The Morgan fingerprint density at radius 1 is 1.28 bits per heavy atom. The highest BCUT2D eigenvalue weighted by Crippen LogP contribution is 2.48. The average Bonchev–Trinajstić information content (AvgIpc) is 3.38. The van der Waals surface area contributed by atoms with Crippen molar-refractivity contribution >= 4 is 23.9 Å². The smallest absolute Gasteiger partial charge is 0.142 e. The molecule has 1 atom stereocenters. The van der Waals surface area contributed by atoms with Crippen LogP contribution in [-0.2, 0) is 4.79 Å². The molecular formula is C23H30N4O2. The van der Waals surface area contributed by atoms with Crippen LogP contribution in [-0.4, -0.2) is 41.4 Å². The number of likely N-dealkylation sites (tertiary alicyclic amines) is 1. The lowest BCUT2D eigenvalue weighted by Crippen LogP contribution is -2.14. The number of allylic oxidation sites excluding steroid dienone is 1. The van der Waals surface area contributed by atoms with Crippen LogP contribution in [0.1, 0.15) is 53.5 Å². The van der Waals surface area contributed by atoms with Gasteiger partial charge in [0.1, 0.15) is 17.9 Å². The highest BCUT2D eigenvalue weighted by Gasteiger charge is 2.35. The Hall–Kier alpha value is -2.99. The van der Waals surface area contributed by atoms with Crippen LogP contribution in [0.2, 0.25) is 0 Å². The summed E-state index contributed by atoms with van der Waals surface area (Å²) in [6, 6.07) is 7.14. The van der Waals surface area contributed by atoms with E-state index in [-0.39, 0.29) is 5.75 Å². The number of aromatic hydroxyl groups is 1. The predicted molar refractivity (Wildman–Crippen MR) is 118 cm³/mol. The van der Waals surface area contributed by atoms with Gasteiger partial charge in [0, 0.05) is 35.0 Å². The number of para-hydroxylation sites is 1. The molecule has 0 spiro atoms. The van der Waals surface area contributed by atoms with Gasteiger partial charge in [-0.1, -0.05) is 18.7 Å². The van der Waals surface area contributed by atoms with Crippen LogP contribution < -0.4 is 11.5 Å². The molecule has 2 heterocycles. The summed E-state index contributed by atoms with van der Waals surface area (Å²) in [6.45, 7) is 5.30. The predicted octanol–water partition coefficient (Wildman–Crippen LogP) is 3.43. The van der Waals surface area contributed by atoms with Crippen molar-refractivity contribution in [3.05, 3.63) is 59.3 Å². The highest BCUT2D eigenvalue weighted by atomic mass is 16.3. The Morgan fingerprint density at radius 2 is 1.97 bits per heavy atom. The number of nitrogens with zero attached hydrogens (tertiary/aromatic N) is 1. The van der Waals surface area contributed by atoms with Crippen LogP contribution in [0.3, 0.4) is 0 Å². The van der Waals surface area contributed by atoms with Crippen LogP contribution >= 0.6 is 0 Å². The highest BCUT2D eigenvalue weighted by molar-refractivity contribution is 5.86. The number of hydrogen-bond donors (Lipinski definition) is 4. The van der Waals surface area contributed by atoms with Gasteiger partial charge in [-0.05, 0) is 68.6 Å². The number of rotatable bonds is 5. The standard InChI is InChI=1S/C20H26N4O.C3H4O/c1-24-9-8-13(11-24)19-18(12-6-7-12)15(20(22)23-19)10-16(21)14-4-2-3-5-17(14)25;1-2-3-4/h2-5,10,12-13,23,25H,6-9,11,21-22H2,1H3;2-3H,1H2/b16-10-;. The number of nitrogen functional groups attached to an aromatic ring is 1. The molecule has 1 aromatic heterocycles. The Kier molecular flexibility index (Phi) is 6.44. The lowest BCUT2D eigenvalue weighted by molar-refractivity contribution is -0.104. The van der Waals surface area contributed by atoms with Gasteiger partial charge < -0.3 is 26.5 Å². The largest absolute Gasteiger partial charge is 0.507 e. The molecule has 1 saturated heterocycles. The summed E-state index contributed by atoms with van der Waals surface area (Å²) in [5.41, 5.74) is 17.5. The van der Waals surface area contributed by atoms with E-state index in [1.54, 1.807) is 12.1 Å². The molecule has 6 heteroatoms. The van der Waals surface area contributed by atoms with E-state index in [0.29, 0.717) is 35.2 Å². The molecule has 4 rings (SSSR count). The van der Waals surface area contributed by atoms with Crippen LogP contribution in [0, 0.1) is 0 Å². The molecule has 29 heavy (non-hydrogen) atoms. The number of carbonyl (C=O) groups is 1. The van der Waals surface area contributed by atoms with Crippen molar-refractivity contribution in [2.45, 2.75) is 31.1 Å². The quantitative estimate of drug-likeness (QED) is 0.459. The molecule has 1 aromatic carbocycles. The number of aromatic amines is 1. The second-order valence-electron chi connectivity index (χ2n) is 7.79. The number of H-pyrrole nitrogens is 1. The number of benzene rings is 1. The zero-order chi connectivity index (χ0) is 21.0. The van der Waals surface area contributed by atoms with Gasteiger partial charge in [0.05, 0.1) is 0 Å². The van der Waals surface area contributed by atoms with Gasteiger partial charge in [-0.15, -0.1) is 0 Å². The fourth-order valence-corrected chi connectivity index (χ4v) is 3.98. The van der Waals surface area contributed by atoms with Crippen molar-refractivity contribution in [1.82, 2.24) is 9.88 Å². The number of hydrogen-bond acceptors (Lipinski definition) is 5. The zero-order valence-corrected chi connectivity index (χ0v) is 16.9. The van der Waals surface area contributed by atoms with E-state index in [9.17, 15) is 5.11 Å². The van der Waals surface area contributed by atoms with Gasteiger partial charge in [0.2, 0.25) is 0 Å². The van der Waals surface area contributed by atoms with Crippen LogP contribution in [0.4, 0.5) is 5.82 Å². The third-order valence-electron chi connectivity index (χ3n) is 5.54. The van der Waals surface area contributed by atoms with Gasteiger partial charge in [-0.3, -0.25) is 4.79 Å². The van der Waals surface area contributed by atoms with Crippen LogP contribution in [0.25, 0.3) is 11.8 Å². The SMILES string of the molecule is C=CC=O.CN1CCC(c2[nH]c(N)c(/C=C(\N)c3ccccc3O)c2C2CC2)C1. The van der Waals surface area contributed by atoms with E-state index in [1.807, 2.05) is 18.2 Å². The number of phenols is 1. The fraction of sp³-hybridized carbons (Fsp3) is 0.348. The lowest BCUT2D eigenvalue weighted by Gasteiger charge is -2.12. The first-order chi connectivity index (χ1) is 14.0. The van der Waals surface area contributed by atoms with E-state index in [0.717, 1.165) is 25.1 Å². The molecule has 2 aliphatic rings. The molecule has 0 bridgehead atoms. The Balaban J connectivity index is 0.000000552. The average molecular weight is 395 g/mol.